The number of aryl methyl sites for hydroxylation is 1. The van der Waals surface area contributed by atoms with Gasteiger partial charge in [-0.15, -0.1) is 0 Å². The predicted molar refractivity (Wildman–Crippen MR) is 107 cm³/mol. The van der Waals surface area contributed by atoms with Crippen molar-refractivity contribution in [1.29, 1.82) is 0 Å². The van der Waals surface area contributed by atoms with Crippen molar-refractivity contribution in [2.45, 2.75) is 76.7 Å². The molecule has 1 amide bonds. The van der Waals surface area contributed by atoms with Gasteiger partial charge in [0.25, 0.3) is 12.3 Å². The van der Waals surface area contributed by atoms with Crippen molar-refractivity contribution < 1.29 is 27.2 Å². The molecule has 0 radical (unpaired) electrons. The third kappa shape index (κ3) is 5.59. The Balaban J connectivity index is 1.36. The average Bonchev–Trinajstić information content (AvgIpc) is 3.53. The lowest BCUT2D eigenvalue weighted by atomic mass is 9.87. The van der Waals surface area contributed by atoms with Gasteiger partial charge in [-0.25, -0.2) is 4.79 Å². The molecule has 2 heterocycles. The van der Waals surface area contributed by atoms with Crippen molar-refractivity contribution in [3.8, 4) is 0 Å². The third-order valence-electron chi connectivity index (χ3n) is 6.11. The smallest absolute Gasteiger partial charge is 0.391 e. The zero-order chi connectivity index (χ0) is 22.0. The van der Waals surface area contributed by atoms with Crippen molar-refractivity contribution in [3.63, 3.8) is 0 Å². The maximum atomic E-state index is 12.8. The maximum absolute atomic E-state index is 12.8. The molecule has 170 valence electrons. The summed E-state index contributed by atoms with van der Waals surface area (Å²) in [5.41, 5.74) is 0.855. The van der Waals surface area contributed by atoms with E-state index in [-0.39, 0.29) is 37.1 Å². The zero-order valence-electron chi connectivity index (χ0n) is 17.1. The minimum Gasteiger partial charge on any atom is -0.406 e. The second kappa shape index (κ2) is 8.92. The Bertz CT molecular complexity index is 898. The fraction of sp³-hybridized carbons (Fsp3) is 0.667. The van der Waals surface area contributed by atoms with Gasteiger partial charge in [-0.1, -0.05) is 30.8 Å². The number of amides is 1. The van der Waals surface area contributed by atoms with Crippen LogP contribution in [0, 0.1) is 11.8 Å². The second-order valence-electron chi connectivity index (χ2n) is 8.56. The number of carbonyl (C=O) groups excluding carboxylic acids is 1. The first-order chi connectivity index (χ1) is 14.8. The van der Waals surface area contributed by atoms with Gasteiger partial charge >= 0.3 is 11.8 Å². The van der Waals surface area contributed by atoms with Crippen molar-refractivity contribution >= 4 is 17.5 Å². The molecule has 0 spiro atoms. The Labute approximate surface area is 177 Å². The van der Waals surface area contributed by atoms with Crippen molar-refractivity contribution in [2.24, 2.45) is 17.0 Å². The first-order valence-corrected chi connectivity index (χ1v) is 10.8. The summed E-state index contributed by atoms with van der Waals surface area (Å²) in [4.78, 5) is 29.8. The molecule has 2 fully saturated rings. The van der Waals surface area contributed by atoms with Gasteiger partial charge in [0.15, 0.2) is 0 Å². The van der Waals surface area contributed by atoms with E-state index in [2.05, 4.69) is 15.8 Å². The number of nitrogens with one attached hydrogen (secondary N) is 2. The van der Waals surface area contributed by atoms with Crippen LogP contribution in [-0.2, 0) is 11.3 Å². The van der Waals surface area contributed by atoms with Gasteiger partial charge in [0.05, 0.1) is 11.6 Å². The van der Waals surface area contributed by atoms with Gasteiger partial charge in [0.1, 0.15) is 5.56 Å². The van der Waals surface area contributed by atoms with Gasteiger partial charge in [-0.05, 0) is 50.0 Å². The summed E-state index contributed by atoms with van der Waals surface area (Å²) >= 11 is 0. The molecule has 0 saturated heterocycles. The minimum absolute atomic E-state index is 0.0272. The number of fused-ring (bicyclic) bond motifs is 1. The number of hydrogen-bond acceptors (Lipinski definition) is 6. The van der Waals surface area contributed by atoms with Crippen LogP contribution >= 0.6 is 0 Å². The van der Waals surface area contributed by atoms with Crippen LogP contribution in [0.3, 0.4) is 0 Å². The van der Waals surface area contributed by atoms with Crippen molar-refractivity contribution in [3.05, 3.63) is 27.6 Å². The van der Waals surface area contributed by atoms with E-state index in [1.54, 1.807) is 0 Å². The fourth-order valence-electron chi connectivity index (χ4n) is 4.14. The van der Waals surface area contributed by atoms with E-state index in [9.17, 15) is 22.8 Å². The van der Waals surface area contributed by atoms with Gasteiger partial charge in [0.2, 0.25) is 5.88 Å². The average molecular weight is 441 g/mol. The molecule has 10 heteroatoms. The Morgan fingerprint density at radius 1 is 1.10 bits per heavy atom. The monoisotopic (exact) mass is 441 g/mol. The molecular weight excluding hydrogens is 415 g/mol. The Morgan fingerprint density at radius 3 is 2.52 bits per heavy atom. The molecule has 31 heavy (non-hydrogen) atoms. The lowest BCUT2D eigenvalue weighted by Gasteiger charge is -2.27. The number of hydrogen-bond donors (Lipinski definition) is 2. The van der Waals surface area contributed by atoms with E-state index < -0.39 is 30.0 Å². The molecule has 1 aromatic heterocycles. The summed E-state index contributed by atoms with van der Waals surface area (Å²) in [5.74, 6) is -0.898. The maximum Gasteiger partial charge on any atom is 0.391 e. The van der Waals surface area contributed by atoms with Crippen LogP contribution in [0.15, 0.2) is 20.4 Å². The van der Waals surface area contributed by atoms with E-state index in [1.165, 1.54) is 25.3 Å². The molecule has 3 aliphatic rings. The molecule has 1 aromatic rings. The Morgan fingerprint density at radius 2 is 1.84 bits per heavy atom. The number of rotatable bonds is 7. The number of alkyl halides is 3. The summed E-state index contributed by atoms with van der Waals surface area (Å²) in [7, 11) is 0. The molecule has 0 aromatic carbocycles. The number of halogens is 3. The van der Waals surface area contributed by atoms with Gasteiger partial charge in [-0.2, -0.15) is 13.2 Å². The fourth-order valence-corrected chi connectivity index (χ4v) is 4.14. The van der Waals surface area contributed by atoms with Crippen molar-refractivity contribution in [1.82, 2.24) is 5.32 Å². The second-order valence-corrected chi connectivity index (χ2v) is 8.56. The molecule has 1 aliphatic heterocycles. The minimum atomic E-state index is -4.19. The summed E-state index contributed by atoms with van der Waals surface area (Å²) < 4.78 is 43.5. The Kier molecular flexibility index (Phi) is 6.24. The topological polar surface area (TPSA) is 92.9 Å². The normalized spacial score (nSPS) is 23.6. The molecule has 2 N–H and O–H groups in total. The molecule has 0 bridgehead atoms. The lowest BCUT2D eigenvalue weighted by molar-refractivity contribution is -0.178. The van der Waals surface area contributed by atoms with E-state index >= 15 is 0 Å². The summed E-state index contributed by atoms with van der Waals surface area (Å²) in [6, 6.07) is 1.34. The molecule has 1 atom stereocenters. The molecule has 7 nitrogen and oxygen atoms in total. The first-order valence-electron chi connectivity index (χ1n) is 10.8. The van der Waals surface area contributed by atoms with E-state index in [0.29, 0.717) is 17.7 Å². The number of oxime groups is 1. The number of anilines is 1. The third-order valence-corrected chi connectivity index (χ3v) is 6.11. The standard InChI is InChI=1S/C21H26F3N3O4/c22-21(23,24)14-7-9-15(10-8-14)27-31-20-25-18(29)17-13(4-2-1-3-12-5-6-12)11-16(28)30-19(17)26-20/h11-12,14,20,26H,1-10H2,(H,25,29). The first kappa shape index (κ1) is 21.7. The highest BCUT2D eigenvalue weighted by Crippen LogP contribution is 2.37. The highest BCUT2D eigenvalue weighted by Gasteiger charge is 2.41. The number of carbonyl (C=O) groups is 1. The van der Waals surface area contributed by atoms with Crippen LogP contribution in [0.1, 0.15) is 73.7 Å². The SMILES string of the molecule is O=C1NC(ON=C2CCC(C(F)(F)F)CC2)Nc2oc(=O)cc(CCCCC3CC3)c21. The van der Waals surface area contributed by atoms with Crippen LogP contribution < -0.4 is 16.3 Å². The molecule has 1 unspecified atom stereocenters. The largest absolute Gasteiger partial charge is 0.406 e. The molecule has 2 aliphatic carbocycles. The van der Waals surface area contributed by atoms with Crippen LogP contribution in [-0.4, -0.2) is 24.1 Å². The van der Waals surface area contributed by atoms with Gasteiger partial charge < -0.3 is 14.6 Å². The van der Waals surface area contributed by atoms with Gasteiger partial charge in [-0.3, -0.25) is 10.1 Å². The number of nitrogens with zero attached hydrogens (tertiary/aromatic N) is 1. The quantitative estimate of drug-likeness (QED) is 0.485. The molecular formula is C21H26F3N3O4. The van der Waals surface area contributed by atoms with E-state index in [4.69, 9.17) is 9.25 Å². The van der Waals surface area contributed by atoms with Gasteiger partial charge in [0, 0.05) is 6.07 Å². The number of unbranched alkanes of at least 4 members (excludes halogenated alkanes) is 1. The van der Waals surface area contributed by atoms with Crippen LogP contribution in [0.4, 0.5) is 19.1 Å². The highest BCUT2D eigenvalue weighted by molar-refractivity contribution is 6.01. The summed E-state index contributed by atoms with van der Waals surface area (Å²) in [6.45, 7) is 0. The highest BCUT2D eigenvalue weighted by atomic mass is 19.4. The van der Waals surface area contributed by atoms with E-state index in [0.717, 1.165) is 18.8 Å². The predicted octanol–water partition coefficient (Wildman–Crippen LogP) is 4.33. The van der Waals surface area contributed by atoms with Crippen LogP contribution in [0.5, 0.6) is 0 Å². The van der Waals surface area contributed by atoms with Crippen LogP contribution in [0.2, 0.25) is 0 Å². The molecule has 4 rings (SSSR count). The summed E-state index contributed by atoms with van der Waals surface area (Å²) in [6.07, 6.45) is 1.34. The zero-order valence-corrected chi connectivity index (χ0v) is 17.1. The van der Waals surface area contributed by atoms with Crippen molar-refractivity contribution in [2.75, 3.05) is 5.32 Å². The van der Waals surface area contributed by atoms with Crippen LogP contribution in [0.25, 0.3) is 0 Å². The molecule has 2 saturated carbocycles. The lowest BCUT2D eigenvalue weighted by Crippen LogP contribution is -2.47. The summed E-state index contributed by atoms with van der Waals surface area (Å²) in [5, 5.41) is 9.31. The Hall–Kier alpha value is -2.52. The van der Waals surface area contributed by atoms with E-state index in [1.807, 2.05) is 0 Å².